The van der Waals surface area contributed by atoms with Crippen LogP contribution in [-0.4, -0.2) is 18.0 Å². The summed E-state index contributed by atoms with van der Waals surface area (Å²) in [6, 6.07) is 0. The smallest absolute Gasteiger partial charge is 0.321 e. The number of fused-ring (bicyclic) bond motifs is 5. The van der Waals surface area contributed by atoms with E-state index in [4.69, 9.17) is 16.3 Å². The molecule has 0 aromatic carbocycles. The molecule has 0 aliphatic heterocycles. The number of rotatable bonds is 7. The van der Waals surface area contributed by atoms with Gasteiger partial charge in [-0.05, 0) is 91.3 Å². The molecule has 3 heteroatoms. The molecule has 0 amide bonds. The van der Waals surface area contributed by atoms with Crippen LogP contribution < -0.4 is 0 Å². The first-order valence-electron chi connectivity index (χ1n) is 13.6. The largest absolute Gasteiger partial charge is 0.461 e. The summed E-state index contributed by atoms with van der Waals surface area (Å²) in [6.07, 6.45) is 16.9. The van der Waals surface area contributed by atoms with Gasteiger partial charge in [-0.1, -0.05) is 65.5 Å². The molecule has 182 valence electrons. The summed E-state index contributed by atoms with van der Waals surface area (Å²) in [5.41, 5.74) is 2.44. The Hall–Kier alpha value is -0.500. The maximum atomic E-state index is 11.7. The summed E-state index contributed by atoms with van der Waals surface area (Å²) < 4.78 is 5.63. The van der Waals surface area contributed by atoms with Gasteiger partial charge in [0.1, 0.15) is 12.0 Å². The van der Waals surface area contributed by atoms with Crippen LogP contribution in [-0.2, 0) is 9.53 Å². The van der Waals surface area contributed by atoms with Crippen LogP contribution in [0.5, 0.6) is 0 Å². The summed E-state index contributed by atoms with van der Waals surface area (Å²) in [4.78, 5) is 11.7. The van der Waals surface area contributed by atoms with Gasteiger partial charge in [-0.25, -0.2) is 0 Å². The third-order valence-electron chi connectivity index (χ3n) is 10.7. The first-order chi connectivity index (χ1) is 15.2. The normalized spacial score (nSPS) is 42.0. The Balaban J connectivity index is 1.45. The van der Waals surface area contributed by atoms with E-state index in [0.29, 0.717) is 10.8 Å². The van der Waals surface area contributed by atoms with Crippen LogP contribution in [0, 0.1) is 46.3 Å². The number of esters is 1. The summed E-state index contributed by atoms with van der Waals surface area (Å²) >= 11 is 5.68. The molecule has 0 spiro atoms. The number of alkyl halides is 1. The highest BCUT2D eigenvalue weighted by Gasteiger charge is 2.59. The second-order valence-electron chi connectivity index (χ2n) is 12.8. The molecule has 0 aromatic heterocycles. The van der Waals surface area contributed by atoms with Crippen molar-refractivity contribution in [3.05, 3.63) is 11.6 Å². The van der Waals surface area contributed by atoms with E-state index in [0.717, 1.165) is 48.3 Å². The van der Waals surface area contributed by atoms with Gasteiger partial charge in [-0.2, -0.15) is 0 Å². The molecular weight excluding hydrogens is 416 g/mol. The molecule has 0 bridgehead atoms. The van der Waals surface area contributed by atoms with Crippen LogP contribution in [0.2, 0.25) is 0 Å². The molecule has 0 saturated heterocycles. The highest BCUT2D eigenvalue weighted by atomic mass is 35.5. The van der Waals surface area contributed by atoms with Crippen molar-refractivity contribution in [1.82, 2.24) is 0 Å². The molecule has 4 rings (SSSR count). The molecule has 0 heterocycles. The maximum absolute atomic E-state index is 11.7. The topological polar surface area (TPSA) is 26.3 Å². The minimum absolute atomic E-state index is 0.0329. The summed E-state index contributed by atoms with van der Waals surface area (Å²) in [5.74, 6) is 4.92. The molecule has 4 aliphatic carbocycles. The molecule has 32 heavy (non-hydrogen) atoms. The zero-order chi connectivity index (χ0) is 23.1. The van der Waals surface area contributed by atoms with Gasteiger partial charge >= 0.3 is 5.97 Å². The van der Waals surface area contributed by atoms with Crippen molar-refractivity contribution in [2.75, 3.05) is 5.88 Å². The average Bonchev–Trinajstić information content (AvgIpc) is 3.11. The number of hydrogen-bond donors (Lipinski definition) is 0. The van der Waals surface area contributed by atoms with E-state index in [1.54, 1.807) is 5.57 Å². The first-order valence-corrected chi connectivity index (χ1v) is 14.2. The predicted octanol–water partition coefficient (Wildman–Crippen LogP) is 8.18. The predicted molar refractivity (Wildman–Crippen MR) is 134 cm³/mol. The summed E-state index contributed by atoms with van der Waals surface area (Å²) in [6.45, 7) is 12.5. The van der Waals surface area contributed by atoms with Crippen molar-refractivity contribution in [2.24, 2.45) is 46.3 Å². The van der Waals surface area contributed by atoms with Gasteiger partial charge in [0.05, 0.1) is 0 Å². The van der Waals surface area contributed by atoms with Crippen molar-refractivity contribution in [3.63, 3.8) is 0 Å². The molecule has 0 unspecified atom stereocenters. The van der Waals surface area contributed by atoms with Gasteiger partial charge in [-0.3, -0.25) is 4.79 Å². The maximum Gasteiger partial charge on any atom is 0.321 e. The number of carbonyl (C=O) groups is 1. The Bertz CT molecular complexity index is 714. The van der Waals surface area contributed by atoms with Crippen LogP contribution in [0.4, 0.5) is 0 Å². The fourth-order valence-corrected chi connectivity index (χ4v) is 9.03. The number of ether oxygens (including phenoxy) is 1. The first kappa shape index (κ1) is 24.6. The van der Waals surface area contributed by atoms with Gasteiger partial charge < -0.3 is 4.74 Å². The van der Waals surface area contributed by atoms with Crippen molar-refractivity contribution < 1.29 is 9.53 Å². The Morgan fingerprint density at radius 2 is 1.88 bits per heavy atom. The zero-order valence-corrected chi connectivity index (χ0v) is 22.1. The van der Waals surface area contributed by atoms with E-state index in [2.05, 4.69) is 40.7 Å². The number of halogens is 1. The summed E-state index contributed by atoms with van der Waals surface area (Å²) in [7, 11) is 0. The molecule has 3 saturated carbocycles. The van der Waals surface area contributed by atoms with Crippen LogP contribution in [0.3, 0.4) is 0 Å². The van der Waals surface area contributed by atoms with Crippen molar-refractivity contribution >= 4 is 17.6 Å². The molecule has 0 radical (unpaired) electrons. The second kappa shape index (κ2) is 9.63. The van der Waals surface area contributed by atoms with Crippen molar-refractivity contribution in [3.8, 4) is 0 Å². The minimum atomic E-state index is -0.262. The van der Waals surface area contributed by atoms with Crippen LogP contribution in [0.15, 0.2) is 11.6 Å². The minimum Gasteiger partial charge on any atom is -0.461 e. The van der Waals surface area contributed by atoms with E-state index < -0.39 is 0 Å². The van der Waals surface area contributed by atoms with E-state index in [9.17, 15) is 4.79 Å². The Kier molecular flexibility index (Phi) is 7.41. The van der Waals surface area contributed by atoms with Crippen molar-refractivity contribution in [1.29, 1.82) is 0 Å². The highest BCUT2D eigenvalue weighted by molar-refractivity contribution is 6.26. The van der Waals surface area contributed by atoms with Crippen LogP contribution in [0.1, 0.15) is 105 Å². The summed E-state index contributed by atoms with van der Waals surface area (Å²) in [5, 5.41) is 0. The molecule has 0 aromatic rings. The molecule has 0 N–H and O–H groups in total. The Morgan fingerprint density at radius 3 is 2.59 bits per heavy atom. The van der Waals surface area contributed by atoms with Crippen LogP contribution >= 0.6 is 11.6 Å². The number of allylic oxidation sites excluding steroid dienone is 1. The lowest BCUT2D eigenvalue weighted by atomic mass is 9.47. The average molecular weight is 463 g/mol. The van der Waals surface area contributed by atoms with Gasteiger partial charge in [0.25, 0.3) is 0 Å². The molecule has 8 atom stereocenters. The van der Waals surface area contributed by atoms with E-state index in [-0.39, 0.29) is 18.0 Å². The third-order valence-corrected chi connectivity index (χ3v) is 10.9. The quantitative estimate of drug-likeness (QED) is 0.216. The monoisotopic (exact) mass is 462 g/mol. The van der Waals surface area contributed by atoms with E-state index in [1.807, 2.05) is 0 Å². The van der Waals surface area contributed by atoms with Gasteiger partial charge in [-0.15, -0.1) is 11.6 Å². The Labute approximate surface area is 202 Å². The lowest BCUT2D eigenvalue weighted by Gasteiger charge is -2.58. The Morgan fingerprint density at radius 1 is 1.09 bits per heavy atom. The second-order valence-corrected chi connectivity index (χ2v) is 13.0. The zero-order valence-electron chi connectivity index (χ0n) is 21.3. The fourth-order valence-electron chi connectivity index (χ4n) is 8.97. The fraction of sp³-hybridized carbons (Fsp3) is 0.897. The number of hydrogen-bond acceptors (Lipinski definition) is 2. The highest BCUT2D eigenvalue weighted by Crippen LogP contribution is 2.67. The molecule has 3 fully saturated rings. The van der Waals surface area contributed by atoms with E-state index in [1.165, 1.54) is 57.8 Å². The van der Waals surface area contributed by atoms with Gasteiger partial charge in [0.15, 0.2) is 0 Å². The van der Waals surface area contributed by atoms with Crippen molar-refractivity contribution in [2.45, 2.75) is 111 Å². The van der Waals surface area contributed by atoms with Gasteiger partial charge in [0, 0.05) is 6.42 Å². The molecule has 4 aliphatic rings. The van der Waals surface area contributed by atoms with E-state index >= 15 is 0 Å². The standard InChI is InChI=1S/C29H47ClO2/c1-19(2)7-6-8-20(3)24-11-12-25-23-10-9-21-17-22(32-27(31)18-30)13-15-28(21,4)26(23)14-16-29(24,25)5/h9,19-20,22-26H,6-8,10-18H2,1-5H3/t20-,22-,23+,24-,25+,26+,28+,29-/m1/s1. The lowest BCUT2D eigenvalue weighted by Crippen LogP contribution is -2.51. The van der Waals surface area contributed by atoms with Crippen LogP contribution in [0.25, 0.3) is 0 Å². The van der Waals surface area contributed by atoms with Gasteiger partial charge in [0.2, 0.25) is 0 Å². The number of carbonyl (C=O) groups excluding carboxylic acids is 1. The third kappa shape index (κ3) is 4.44. The SMILES string of the molecule is CC(C)CCC[C@@H](C)[C@H]1CC[C@H]2[C@@H]3CC=C4C[C@H](OC(=O)CCl)CC[C@]4(C)[C@H]3CC[C@]12C. The molecular formula is C29H47ClO2. The lowest BCUT2D eigenvalue weighted by molar-refractivity contribution is -0.148. The molecule has 2 nitrogen and oxygen atoms in total.